The van der Waals surface area contributed by atoms with Crippen LogP contribution in [0, 0.1) is 0 Å². The Morgan fingerprint density at radius 3 is 2.36 bits per heavy atom. The number of nitrogens with zero attached hydrogens (tertiary/aromatic N) is 3. The molecule has 0 spiro atoms. The Hall–Kier alpha value is -3.42. The quantitative estimate of drug-likeness (QED) is 0.212. The van der Waals surface area contributed by atoms with Crippen molar-refractivity contribution >= 4 is 38.5 Å². The molecule has 0 aliphatic carbocycles. The van der Waals surface area contributed by atoms with Crippen molar-refractivity contribution in [2.45, 2.75) is 13.0 Å². The number of aromatic nitrogens is 2. The lowest BCUT2D eigenvalue weighted by Crippen LogP contribution is -2.31. The number of ether oxygens (including phenoxy) is 1. The molecule has 164 valence electrons. The van der Waals surface area contributed by atoms with E-state index in [1.165, 1.54) is 4.90 Å². The molecule has 1 aliphatic heterocycles. The Balaban J connectivity index is 1.21. The van der Waals surface area contributed by atoms with Crippen molar-refractivity contribution in [1.29, 1.82) is 0 Å². The number of imide groups is 1. The number of amides is 2. The van der Waals surface area contributed by atoms with Crippen LogP contribution in [0.1, 0.15) is 32.7 Å². The van der Waals surface area contributed by atoms with E-state index in [9.17, 15) is 9.59 Å². The first-order chi connectivity index (χ1) is 16.1. The normalized spacial score (nSPS) is 13.1. The lowest BCUT2D eigenvalue weighted by Gasteiger charge is -2.13. The van der Waals surface area contributed by atoms with E-state index in [-0.39, 0.29) is 11.8 Å². The van der Waals surface area contributed by atoms with Crippen molar-refractivity contribution in [3.8, 4) is 5.82 Å². The molecule has 1 aliphatic rings. The average molecular weight is 503 g/mol. The fourth-order valence-electron chi connectivity index (χ4n) is 4.03. The van der Waals surface area contributed by atoms with Crippen LogP contribution in [-0.2, 0) is 11.3 Å². The van der Waals surface area contributed by atoms with Gasteiger partial charge in [-0.15, -0.1) is 0 Å². The molecule has 2 amide bonds. The van der Waals surface area contributed by atoms with Gasteiger partial charge in [0.05, 0.1) is 40.0 Å². The van der Waals surface area contributed by atoms with E-state index in [0.29, 0.717) is 37.3 Å². The highest BCUT2D eigenvalue weighted by molar-refractivity contribution is 9.10. The molecule has 0 atom stereocenters. The van der Waals surface area contributed by atoms with E-state index in [1.807, 2.05) is 47.4 Å². The summed E-state index contributed by atoms with van der Waals surface area (Å²) in [4.78, 5) is 30.7. The van der Waals surface area contributed by atoms with Crippen LogP contribution < -0.4 is 4.57 Å². The van der Waals surface area contributed by atoms with Crippen LogP contribution in [0.5, 0.6) is 0 Å². The molecule has 6 nitrogen and oxygen atoms in total. The van der Waals surface area contributed by atoms with Crippen molar-refractivity contribution in [2.24, 2.45) is 0 Å². The first kappa shape index (κ1) is 21.4. The van der Waals surface area contributed by atoms with Gasteiger partial charge in [-0.2, -0.15) is 0 Å². The van der Waals surface area contributed by atoms with Crippen molar-refractivity contribution in [3.63, 3.8) is 0 Å². The van der Waals surface area contributed by atoms with Crippen LogP contribution in [0.15, 0.2) is 83.7 Å². The summed E-state index contributed by atoms with van der Waals surface area (Å²) in [6.07, 6.45) is 6.34. The third-order valence-electron chi connectivity index (χ3n) is 5.66. The van der Waals surface area contributed by atoms with E-state index in [2.05, 4.69) is 33.0 Å². The molecule has 2 aromatic heterocycles. The van der Waals surface area contributed by atoms with Crippen LogP contribution in [0.3, 0.4) is 0 Å². The van der Waals surface area contributed by atoms with Gasteiger partial charge in [-0.1, -0.05) is 24.3 Å². The minimum Gasteiger partial charge on any atom is -0.377 e. The zero-order valence-corrected chi connectivity index (χ0v) is 19.4. The zero-order chi connectivity index (χ0) is 22.8. The van der Waals surface area contributed by atoms with Gasteiger partial charge in [0.1, 0.15) is 0 Å². The predicted octanol–water partition coefficient (Wildman–Crippen LogP) is 4.48. The monoisotopic (exact) mass is 502 g/mol. The first-order valence-electron chi connectivity index (χ1n) is 10.7. The lowest BCUT2D eigenvalue weighted by molar-refractivity contribution is -0.598. The van der Waals surface area contributed by atoms with Gasteiger partial charge in [0.2, 0.25) is 0 Å². The summed E-state index contributed by atoms with van der Waals surface area (Å²) in [5.74, 6) is 0.411. The minimum atomic E-state index is -0.226. The summed E-state index contributed by atoms with van der Waals surface area (Å²) in [7, 11) is 0. The summed E-state index contributed by atoms with van der Waals surface area (Å²) in [5.41, 5.74) is 2.00. The maximum Gasteiger partial charge on any atom is 0.335 e. The molecule has 0 radical (unpaired) electrons. The molecule has 7 heteroatoms. The fourth-order valence-corrected chi connectivity index (χ4v) is 4.46. The van der Waals surface area contributed by atoms with Crippen LogP contribution >= 0.6 is 15.9 Å². The second-order valence-corrected chi connectivity index (χ2v) is 8.66. The van der Waals surface area contributed by atoms with E-state index >= 15 is 0 Å². The molecular weight excluding hydrogens is 482 g/mol. The third kappa shape index (κ3) is 4.17. The van der Waals surface area contributed by atoms with Gasteiger partial charge < -0.3 is 4.74 Å². The average Bonchev–Trinajstić information content (AvgIpc) is 3.10. The molecule has 2 aromatic carbocycles. The molecule has 33 heavy (non-hydrogen) atoms. The second kappa shape index (κ2) is 9.21. The molecule has 0 bridgehead atoms. The second-order valence-electron chi connectivity index (χ2n) is 7.81. The molecule has 3 heterocycles. The summed E-state index contributed by atoms with van der Waals surface area (Å²) in [6.45, 7) is 1.24. The third-order valence-corrected chi connectivity index (χ3v) is 6.29. The van der Waals surface area contributed by atoms with E-state index in [0.717, 1.165) is 26.6 Å². The largest absolute Gasteiger partial charge is 0.377 e. The Morgan fingerprint density at radius 1 is 0.909 bits per heavy atom. The van der Waals surface area contributed by atoms with E-state index < -0.39 is 0 Å². The van der Waals surface area contributed by atoms with Gasteiger partial charge >= 0.3 is 5.82 Å². The molecule has 4 aromatic rings. The van der Waals surface area contributed by atoms with E-state index in [1.54, 1.807) is 24.3 Å². The Labute approximate surface area is 199 Å². The number of hydrogen-bond donors (Lipinski definition) is 0. The fraction of sp³-hybridized carbons (Fsp3) is 0.154. The number of hydrogen-bond acceptors (Lipinski definition) is 4. The van der Waals surface area contributed by atoms with Gasteiger partial charge in [-0.05, 0) is 69.3 Å². The highest BCUT2D eigenvalue weighted by Crippen LogP contribution is 2.27. The molecule has 0 N–H and O–H groups in total. The van der Waals surface area contributed by atoms with Gasteiger partial charge in [0, 0.05) is 18.5 Å². The maximum atomic E-state index is 12.4. The zero-order valence-electron chi connectivity index (χ0n) is 17.8. The number of carbonyl (C=O) groups excluding carboxylic acids is 2. The number of carbonyl (C=O) groups is 2. The summed E-state index contributed by atoms with van der Waals surface area (Å²) < 4.78 is 8.76. The van der Waals surface area contributed by atoms with Crippen LogP contribution in [0.4, 0.5) is 0 Å². The maximum absolute atomic E-state index is 12.4. The van der Waals surface area contributed by atoms with Gasteiger partial charge in [0.15, 0.2) is 6.20 Å². The SMILES string of the molecule is O=C1c2ccccc2C(=O)N1CCCOCc1ccc2c(-[n+]3ccccc3)ncc(Br)c2c1. The van der Waals surface area contributed by atoms with Crippen molar-refractivity contribution < 1.29 is 18.9 Å². The molecular formula is C26H21BrN3O3+. The molecule has 0 saturated heterocycles. The number of rotatable bonds is 7. The Kier molecular flexibility index (Phi) is 5.98. The Morgan fingerprint density at radius 2 is 1.64 bits per heavy atom. The number of pyridine rings is 2. The summed E-state index contributed by atoms with van der Waals surface area (Å²) in [6, 6.07) is 19.0. The smallest absolute Gasteiger partial charge is 0.335 e. The number of benzene rings is 2. The van der Waals surface area contributed by atoms with E-state index in [4.69, 9.17) is 4.74 Å². The van der Waals surface area contributed by atoms with Crippen molar-refractivity contribution in [2.75, 3.05) is 13.2 Å². The Bertz CT molecular complexity index is 1320. The van der Waals surface area contributed by atoms with Gasteiger partial charge in [-0.3, -0.25) is 14.5 Å². The standard InChI is InChI=1S/C26H21BrN3O3/c27-23-16-28-24(29-11-4-1-5-12-29)19-10-9-18(15-22(19)23)17-33-14-6-13-30-25(31)20-7-2-3-8-21(20)26(30)32/h1-5,7-12,15-16H,6,13-14,17H2/q+1. The van der Waals surface area contributed by atoms with Crippen molar-refractivity contribution in [3.05, 3.63) is 100 Å². The topological polar surface area (TPSA) is 63.4 Å². The van der Waals surface area contributed by atoms with Crippen molar-refractivity contribution in [1.82, 2.24) is 9.88 Å². The lowest BCUT2D eigenvalue weighted by atomic mass is 10.1. The predicted molar refractivity (Wildman–Crippen MR) is 127 cm³/mol. The highest BCUT2D eigenvalue weighted by Gasteiger charge is 2.34. The molecule has 0 fully saturated rings. The minimum absolute atomic E-state index is 0.226. The highest BCUT2D eigenvalue weighted by atomic mass is 79.9. The van der Waals surface area contributed by atoms with Crippen LogP contribution in [0.2, 0.25) is 0 Å². The first-order valence-corrected chi connectivity index (χ1v) is 11.5. The summed E-state index contributed by atoms with van der Waals surface area (Å²) in [5, 5.41) is 2.10. The number of fused-ring (bicyclic) bond motifs is 2. The molecule has 0 saturated carbocycles. The van der Waals surface area contributed by atoms with Gasteiger partial charge in [0.25, 0.3) is 11.8 Å². The van der Waals surface area contributed by atoms with Crippen LogP contribution in [-0.4, -0.2) is 34.8 Å². The van der Waals surface area contributed by atoms with Gasteiger partial charge in [-0.25, -0.2) is 4.57 Å². The summed E-state index contributed by atoms with van der Waals surface area (Å²) >= 11 is 3.61. The van der Waals surface area contributed by atoms with Crippen LogP contribution in [0.25, 0.3) is 16.6 Å². The molecule has 0 unspecified atom stereocenters. The number of halogens is 1. The molecule has 5 rings (SSSR count).